The Kier molecular flexibility index (Phi) is 9.59. The molecule has 0 spiro atoms. The molecule has 0 radical (unpaired) electrons. The highest BCUT2D eigenvalue weighted by atomic mass is 35.5. The molecule has 2 rings (SSSR count). The number of amides is 3. The molecule has 1 heterocycles. The number of nitrogens with zero attached hydrogens (tertiary/aromatic N) is 1. The molecule has 1 aliphatic heterocycles. The van der Waals surface area contributed by atoms with Crippen LogP contribution in [0.1, 0.15) is 56.0 Å². The van der Waals surface area contributed by atoms with Crippen LogP contribution in [0.15, 0.2) is 18.2 Å². The summed E-state index contributed by atoms with van der Waals surface area (Å²) in [7, 11) is 0. The number of rotatable bonds is 6. The molecule has 2 atom stereocenters. The van der Waals surface area contributed by atoms with Crippen molar-refractivity contribution in [2.75, 3.05) is 18.4 Å². The van der Waals surface area contributed by atoms with Crippen molar-refractivity contribution in [1.82, 2.24) is 10.2 Å². The Morgan fingerprint density at radius 2 is 1.93 bits per heavy atom. The van der Waals surface area contributed by atoms with Crippen LogP contribution in [0.2, 0.25) is 0 Å². The quantitative estimate of drug-likeness (QED) is 0.652. The Balaban J connectivity index is 0.00000420. The predicted molar refractivity (Wildman–Crippen MR) is 117 cm³/mol. The number of halogens is 1. The van der Waals surface area contributed by atoms with Gasteiger partial charge >= 0.3 is 0 Å². The van der Waals surface area contributed by atoms with Crippen molar-refractivity contribution in [3.8, 4) is 0 Å². The van der Waals surface area contributed by atoms with Crippen LogP contribution in [0.25, 0.3) is 0 Å². The highest BCUT2D eigenvalue weighted by Gasteiger charge is 2.24. The molecule has 1 aliphatic rings. The summed E-state index contributed by atoms with van der Waals surface area (Å²) in [5.41, 5.74) is 7.81. The number of hydrogen-bond acceptors (Lipinski definition) is 4. The van der Waals surface area contributed by atoms with Crippen molar-refractivity contribution in [3.63, 3.8) is 0 Å². The number of aryl methyl sites for hydroxylation is 1. The Labute approximate surface area is 179 Å². The minimum Gasteiger partial charge on any atom is -0.346 e. The zero-order valence-electron chi connectivity index (χ0n) is 17.7. The van der Waals surface area contributed by atoms with Crippen molar-refractivity contribution in [2.24, 2.45) is 11.7 Å². The summed E-state index contributed by atoms with van der Waals surface area (Å²) in [4.78, 5) is 38.7. The summed E-state index contributed by atoms with van der Waals surface area (Å²) in [6.07, 6.45) is 3.23. The van der Waals surface area contributed by atoms with Crippen LogP contribution in [0, 0.1) is 12.8 Å². The Morgan fingerprint density at radius 3 is 2.52 bits per heavy atom. The first kappa shape index (κ1) is 24.9. The monoisotopic (exact) mass is 424 g/mol. The maximum Gasteiger partial charge on any atom is 0.254 e. The first-order chi connectivity index (χ1) is 13.2. The van der Waals surface area contributed by atoms with Gasteiger partial charge in [0.15, 0.2) is 0 Å². The lowest BCUT2D eigenvalue weighted by molar-refractivity contribution is -0.125. The largest absolute Gasteiger partial charge is 0.346 e. The average molecular weight is 425 g/mol. The van der Waals surface area contributed by atoms with Crippen LogP contribution in [-0.4, -0.2) is 47.8 Å². The van der Waals surface area contributed by atoms with E-state index in [4.69, 9.17) is 5.73 Å². The molecule has 1 fully saturated rings. The summed E-state index contributed by atoms with van der Waals surface area (Å²) in [6, 6.07) is 4.88. The summed E-state index contributed by atoms with van der Waals surface area (Å²) < 4.78 is 0. The minimum absolute atomic E-state index is 0. The van der Waals surface area contributed by atoms with Crippen molar-refractivity contribution >= 4 is 35.8 Å². The molecule has 1 aromatic rings. The second kappa shape index (κ2) is 11.2. The van der Waals surface area contributed by atoms with Gasteiger partial charge in [0.1, 0.15) is 0 Å². The fourth-order valence-electron chi connectivity index (χ4n) is 3.28. The third kappa shape index (κ3) is 6.72. The fraction of sp³-hybridized carbons (Fsp3) is 0.571. The van der Waals surface area contributed by atoms with E-state index in [0.29, 0.717) is 11.3 Å². The highest BCUT2D eigenvalue weighted by Crippen LogP contribution is 2.22. The first-order valence-electron chi connectivity index (χ1n) is 9.95. The summed E-state index contributed by atoms with van der Waals surface area (Å²) >= 11 is 0. The lowest BCUT2D eigenvalue weighted by Crippen LogP contribution is -2.46. The van der Waals surface area contributed by atoms with Gasteiger partial charge in [-0.2, -0.15) is 0 Å². The normalized spacial score (nSPS) is 17.3. The van der Waals surface area contributed by atoms with E-state index in [2.05, 4.69) is 17.6 Å². The molecule has 162 valence electrons. The SMILES string of the molecule is Cc1cc(C(=O)N2CCCCC2C)ccc1NC(=O)CNC(=O)[C@@H](N)C(C)C.Cl. The van der Waals surface area contributed by atoms with E-state index < -0.39 is 6.04 Å². The molecule has 0 saturated carbocycles. The van der Waals surface area contributed by atoms with Gasteiger partial charge in [-0.15, -0.1) is 12.4 Å². The highest BCUT2D eigenvalue weighted by molar-refractivity contribution is 5.98. The van der Waals surface area contributed by atoms with Crippen molar-refractivity contribution in [1.29, 1.82) is 0 Å². The van der Waals surface area contributed by atoms with E-state index in [1.165, 1.54) is 0 Å². The number of carbonyl (C=O) groups excluding carboxylic acids is 3. The van der Waals surface area contributed by atoms with Gasteiger partial charge in [0.25, 0.3) is 5.91 Å². The minimum atomic E-state index is -0.642. The molecule has 1 unspecified atom stereocenters. The molecular formula is C21H33ClN4O3. The van der Waals surface area contributed by atoms with Gasteiger partial charge in [-0.05, 0) is 62.8 Å². The molecule has 29 heavy (non-hydrogen) atoms. The molecule has 7 nitrogen and oxygen atoms in total. The molecule has 0 bridgehead atoms. The summed E-state index contributed by atoms with van der Waals surface area (Å²) in [5, 5.41) is 5.31. The number of likely N-dealkylation sites (tertiary alicyclic amines) is 1. The number of anilines is 1. The van der Waals surface area contributed by atoms with Gasteiger partial charge in [0.05, 0.1) is 12.6 Å². The number of carbonyl (C=O) groups is 3. The Hall–Kier alpha value is -2.12. The van der Waals surface area contributed by atoms with Gasteiger partial charge in [0.2, 0.25) is 11.8 Å². The second-order valence-corrected chi connectivity index (χ2v) is 7.91. The maximum absolute atomic E-state index is 12.8. The maximum atomic E-state index is 12.8. The summed E-state index contributed by atoms with van der Waals surface area (Å²) in [5.74, 6) is -0.657. The Bertz CT molecular complexity index is 739. The van der Waals surface area contributed by atoms with Crippen LogP contribution in [-0.2, 0) is 9.59 Å². The third-order valence-electron chi connectivity index (χ3n) is 5.26. The van der Waals surface area contributed by atoms with E-state index in [9.17, 15) is 14.4 Å². The lowest BCUT2D eigenvalue weighted by atomic mass is 10.0. The van der Waals surface area contributed by atoms with Crippen LogP contribution >= 0.6 is 12.4 Å². The number of hydrogen-bond donors (Lipinski definition) is 3. The van der Waals surface area contributed by atoms with Crippen LogP contribution < -0.4 is 16.4 Å². The molecule has 1 aromatic carbocycles. The summed E-state index contributed by atoms with van der Waals surface area (Å²) in [6.45, 7) is 8.26. The first-order valence-corrected chi connectivity index (χ1v) is 9.95. The van der Waals surface area contributed by atoms with Crippen LogP contribution in [0.5, 0.6) is 0 Å². The fourth-order valence-corrected chi connectivity index (χ4v) is 3.28. The number of benzene rings is 1. The molecular weight excluding hydrogens is 392 g/mol. The van der Waals surface area contributed by atoms with Crippen LogP contribution in [0.3, 0.4) is 0 Å². The standard InChI is InChI=1S/C21H32N4O3.ClH/c1-13(2)19(22)20(27)23-12-18(26)24-17-9-8-16(11-14(17)3)21(28)25-10-6-5-7-15(25)4;/h8-9,11,13,15,19H,5-7,10,12,22H2,1-4H3,(H,23,27)(H,24,26);1H/t15?,19-;/m0./s1. The molecule has 1 saturated heterocycles. The average Bonchev–Trinajstić information content (AvgIpc) is 2.66. The molecule has 0 aliphatic carbocycles. The number of piperidine rings is 1. The van der Waals surface area contributed by atoms with E-state index in [-0.39, 0.29) is 48.6 Å². The van der Waals surface area contributed by atoms with Crippen molar-refractivity contribution in [2.45, 2.75) is 59.0 Å². The Morgan fingerprint density at radius 1 is 1.24 bits per heavy atom. The molecule has 4 N–H and O–H groups in total. The van der Waals surface area contributed by atoms with E-state index in [0.717, 1.165) is 31.4 Å². The van der Waals surface area contributed by atoms with Crippen molar-refractivity contribution in [3.05, 3.63) is 29.3 Å². The zero-order valence-corrected chi connectivity index (χ0v) is 18.5. The van der Waals surface area contributed by atoms with E-state index in [1.807, 2.05) is 25.7 Å². The molecule has 3 amide bonds. The predicted octanol–water partition coefficient (Wildman–Crippen LogP) is 2.47. The van der Waals surface area contributed by atoms with E-state index >= 15 is 0 Å². The van der Waals surface area contributed by atoms with Gasteiger partial charge in [0, 0.05) is 23.8 Å². The topological polar surface area (TPSA) is 105 Å². The number of nitrogens with two attached hydrogens (primary N) is 1. The van der Waals surface area contributed by atoms with Gasteiger partial charge in [-0.1, -0.05) is 13.8 Å². The smallest absolute Gasteiger partial charge is 0.254 e. The van der Waals surface area contributed by atoms with E-state index in [1.54, 1.807) is 18.2 Å². The van der Waals surface area contributed by atoms with Crippen LogP contribution in [0.4, 0.5) is 5.69 Å². The lowest BCUT2D eigenvalue weighted by Gasteiger charge is -2.33. The number of nitrogens with one attached hydrogen (secondary N) is 2. The van der Waals surface area contributed by atoms with Gasteiger partial charge in [-0.25, -0.2) is 0 Å². The molecule has 8 heteroatoms. The van der Waals surface area contributed by atoms with Gasteiger partial charge < -0.3 is 21.3 Å². The second-order valence-electron chi connectivity index (χ2n) is 7.91. The van der Waals surface area contributed by atoms with Crippen molar-refractivity contribution < 1.29 is 14.4 Å². The zero-order chi connectivity index (χ0) is 20.8. The van der Waals surface area contributed by atoms with Gasteiger partial charge in [-0.3, -0.25) is 14.4 Å². The third-order valence-corrected chi connectivity index (χ3v) is 5.26. The molecule has 0 aromatic heterocycles.